The number of aryl methyl sites for hydroxylation is 3. The summed E-state index contributed by atoms with van der Waals surface area (Å²) in [5.74, 6) is -0.137. The van der Waals surface area contributed by atoms with Crippen molar-refractivity contribution in [1.29, 1.82) is 0 Å². The van der Waals surface area contributed by atoms with Crippen LogP contribution in [0, 0.1) is 13.8 Å². The fourth-order valence-corrected chi connectivity index (χ4v) is 2.15. The summed E-state index contributed by atoms with van der Waals surface area (Å²) in [6.07, 6.45) is 1.72. The van der Waals surface area contributed by atoms with E-state index in [0.29, 0.717) is 17.9 Å². The van der Waals surface area contributed by atoms with Crippen LogP contribution in [0.2, 0.25) is 0 Å². The van der Waals surface area contributed by atoms with Gasteiger partial charge in [-0.3, -0.25) is 9.48 Å². The third-order valence-electron chi connectivity index (χ3n) is 3.34. The summed E-state index contributed by atoms with van der Waals surface area (Å²) in [7, 11) is 3.69. The molecular formula is C13H19N5O. The van der Waals surface area contributed by atoms with E-state index >= 15 is 0 Å². The van der Waals surface area contributed by atoms with Crippen LogP contribution in [0.5, 0.6) is 0 Å². The molecule has 0 fully saturated rings. The van der Waals surface area contributed by atoms with Gasteiger partial charge < -0.3 is 15.6 Å². The third kappa shape index (κ3) is 2.47. The summed E-state index contributed by atoms with van der Waals surface area (Å²) in [5, 5.41) is 7.22. The summed E-state index contributed by atoms with van der Waals surface area (Å²) in [6, 6.07) is 1.66. The molecule has 0 spiro atoms. The highest BCUT2D eigenvalue weighted by molar-refractivity contribution is 5.93. The van der Waals surface area contributed by atoms with Gasteiger partial charge in [-0.15, -0.1) is 0 Å². The molecule has 0 saturated carbocycles. The molecule has 0 aromatic carbocycles. The second kappa shape index (κ2) is 4.79. The van der Waals surface area contributed by atoms with Crippen molar-refractivity contribution in [3.05, 3.63) is 34.9 Å². The Morgan fingerprint density at radius 1 is 1.42 bits per heavy atom. The van der Waals surface area contributed by atoms with Gasteiger partial charge in [0.05, 0.1) is 11.4 Å². The smallest absolute Gasteiger partial charge is 0.268 e. The molecule has 0 aliphatic carbocycles. The molecule has 3 N–H and O–H groups in total. The lowest BCUT2D eigenvalue weighted by Crippen LogP contribution is -2.25. The fraction of sp³-hybridized carbons (Fsp3) is 0.385. The van der Waals surface area contributed by atoms with Gasteiger partial charge in [0.1, 0.15) is 5.69 Å². The number of nitrogens with zero attached hydrogens (tertiary/aromatic N) is 3. The van der Waals surface area contributed by atoms with E-state index in [4.69, 9.17) is 5.73 Å². The number of nitrogens with one attached hydrogen (secondary N) is 1. The van der Waals surface area contributed by atoms with Crippen LogP contribution in [-0.4, -0.2) is 20.3 Å². The van der Waals surface area contributed by atoms with Crippen molar-refractivity contribution in [1.82, 2.24) is 19.7 Å². The van der Waals surface area contributed by atoms with Gasteiger partial charge in [0.15, 0.2) is 0 Å². The Balaban J connectivity index is 2.11. The molecule has 0 radical (unpaired) electrons. The van der Waals surface area contributed by atoms with Crippen LogP contribution >= 0.6 is 0 Å². The Kier molecular flexibility index (Phi) is 3.33. The number of carbonyl (C=O) groups excluding carboxylic acids is 1. The molecular weight excluding hydrogens is 242 g/mol. The maximum absolute atomic E-state index is 12.1. The number of nitrogens with two attached hydrogens (primary N) is 1. The first kappa shape index (κ1) is 13.2. The number of carbonyl (C=O) groups is 1. The monoisotopic (exact) mass is 261 g/mol. The zero-order chi connectivity index (χ0) is 14.2. The number of nitrogen functional groups attached to an aromatic ring is 1. The summed E-state index contributed by atoms with van der Waals surface area (Å²) in [4.78, 5) is 12.1. The minimum absolute atomic E-state index is 0.137. The number of hydrogen-bond acceptors (Lipinski definition) is 3. The third-order valence-corrected chi connectivity index (χ3v) is 3.34. The molecule has 102 valence electrons. The van der Waals surface area contributed by atoms with Crippen LogP contribution in [0.15, 0.2) is 12.3 Å². The number of amides is 1. The molecule has 0 bridgehead atoms. The molecule has 0 saturated heterocycles. The molecule has 0 atom stereocenters. The number of aromatic nitrogens is 3. The Morgan fingerprint density at radius 3 is 2.58 bits per heavy atom. The minimum Gasteiger partial charge on any atom is -0.397 e. The predicted molar refractivity (Wildman–Crippen MR) is 73.7 cm³/mol. The van der Waals surface area contributed by atoms with Gasteiger partial charge in [-0.2, -0.15) is 5.10 Å². The van der Waals surface area contributed by atoms with Crippen LogP contribution in [0.4, 0.5) is 5.69 Å². The highest BCUT2D eigenvalue weighted by Gasteiger charge is 2.13. The number of anilines is 1. The van der Waals surface area contributed by atoms with E-state index in [1.165, 1.54) is 0 Å². The molecule has 0 aliphatic rings. The Hall–Kier alpha value is -2.24. The normalized spacial score (nSPS) is 10.7. The zero-order valence-corrected chi connectivity index (χ0v) is 11.7. The molecule has 0 unspecified atom stereocenters. The quantitative estimate of drug-likeness (QED) is 0.861. The maximum atomic E-state index is 12.1. The first-order valence-corrected chi connectivity index (χ1v) is 6.09. The number of hydrogen-bond donors (Lipinski definition) is 2. The van der Waals surface area contributed by atoms with Crippen molar-refractivity contribution in [2.45, 2.75) is 20.4 Å². The van der Waals surface area contributed by atoms with Crippen LogP contribution in [0.3, 0.4) is 0 Å². The van der Waals surface area contributed by atoms with Crippen molar-refractivity contribution in [2.75, 3.05) is 5.73 Å². The van der Waals surface area contributed by atoms with Crippen LogP contribution in [0.25, 0.3) is 0 Å². The molecule has 19 heavy (non-hydrogen) atoms. The SMILES string of the molecule is Cc1nn(C)c(C)c1CNC(=O)c1cc(N)cn1C. The molecule has 6 heteroatoms. The van der Waals surface area contributed by atoms with Crippen LogP contribution in [0.1, 0.15) is 27.4 Å². The van der Waals surface area contributed by atoms with Gasteiger partial charge >= 0.3 is 0 Å². The van der Waals surface area contributed by atoms with Gasteiger partial charge in [-0.25, -0.2) is 0 Å². The van der Waals surface area contributed by atoms with Crippen molar-refractivity contribution in [3.8, 4) is 0 Å². The Bertz CT molecular complexity index is 623. The topological polar surface area (TPSA) is 77.9 Å². The zero-order valence-electron chi connectivity index (χ0n) is 11.7. The van der Waals surface area contributed by atoms with E-state index < -0.39 is 0 Å². The summed E-state index contributed by atoms with van der Waals surface area (Å²) < 4.78 is 3.53. The van der Waals surface area contributed by atoms with Gasteiger partial charge in [-0.1, -0.05) is 0 Å². The summed E-state index contributed by atoms with van der Waals surface area (Å²) in [6.45, 7) is 4.40. The van der Waals surface area contributed by atoms with E-state index in [1.54, 1.807) is 23.9 Å². The largest absolute Gasteiger partial charge is 0.397 e. The van der Waals surface area contributed by atoms with Gasteiger partial charge in [0, 0.05) is 38.1 Å². The standard InChI is InChI=1S/C13H19N5O/c1-8-11(9(2)18(4)16-8)6-15-13(19)12-5-10(14)7-17(12)3/h5,7H,6,14H2,1-4H3,(H,15,19). The second-order valence-corrected chi connectivity index (χ2v) is 4.73. The van der Waals surface area contributed by atoms with Crippen LogP contribution < -0.4 is 11.1 Å². The first-order valence-electron chi connectivity index (χ1n) is 6.09. The van der Waals surface area contributed by atoms with Crippen molar-refractivity contribution in [3.63, 3.8) is 0 Å². The average Bonchev–Trinajstić information content (AvgIpc) is 2.78. The lowest BCUT2D eigenvalue weighted by atomic mass is 10.2. The Morgan fingerprint density at radius 2 is 2.11 bits per heavy atom. The van der Waals surface area contributed by atoms with Crippen molar-refractivity contribution in [2.24, 2.45) is 14.1 Å². The lowest BCUT2D eigenvalue weighted by molar-refractivity contribution is 0.0942. The van der Waals surface area contributed by atoms with E-state index in [1.807, 2.05) is 25.6 Å². The van der Waals surface area contributed by atoms with Gasteiger partial charge in [0.2, 0.25) is 0 Å². The van der Waals surface area contributed by atoms with Crippen molar-refractivity contribution < 1.29 is 4.79 Å². The minimum atomic E-state index is -0.137. The lowest BCUT2D eigenvalue weighted by Gasteiger charge is -2.06. The van der Waals surface area contributed by atoms with Gasteiger partial charge in [-0.05, 0) is 19.9 Å². The van der Waals surface area contributed by atoms with Gasteiger partial charge in [0.25, 0.3) is 5.91 Å². The fourth-order valence-electron chi connectivity index (χ4n) is 2.15. The molecule has 2 aromatic heterocycles. The van der Waals surface area contributed by atoms with Crippen molar-refractivity contribution >= 4 is 11.6 Å². The molecule has 2 aromatic rings. The van der Waals surface area contributed by atoms with E-state index in [9.17, 15) is 4.79 Å². The second-order valence-electron chi connectivity index (χ2n) is 4.73. The molecule has 2 heterocycles. The van der Waals surface area contributed by atoms with E-state index in [2.05, 4.69) is 10.4 Å². The maximum Gasteiger partial charge on any atom is 0.268 e. The molecule has 0 aliphatic heterocycles. The molecule has 2 rings (SSSR count). The summed E-state index contributed by atoms with van der Waals surface area (Å²) >= 11 is 0. The highest BCUT2D eigenvalue weighted by Crippen LogP contribution is 2.12. The Labute approximate surface area is 112 Å². The summed E-state index contributed by atoms with van der Waals surface area (Å²) in [5.41, 5.74) is 9.85. The first-order chi connectivity index (χ1) is 8.90. The average molecular weight is 261 g/mol. The molecule has 6 nitrogen and oxygen atoms in total. The highest BCUT2D eigenvalue weighted by atomic mass is 16.1. The molecule has 1 amide bonds. The van der Waals surface area contributed by atoms with E-state index in [0.717, 1.165) is 17.0 Å². The van der Waals surface area contributed by atoms with E-state index in [-0.39, 0.29) is 5.91 Å². The number of rotatable bonds is 3. The van der Waals surface area contributed by atoms with Crippen LogP contribution in [-0.2, 0) is 20.6 Å². The predicted octanol–water partition coefficient (Wildman–Crippen LogP) is 0.888.